The molecule has 20 heavy (non-hydrogen) atoms. The SMILES string of the molecule is NCCc1ccc(SCC2CCCC2)cc1C(F)(F)F. The summed E-state index contributed by atoms with van der Waals surface area (Å²) in [7, 11) is 0. The molecule has 1 saturated carbocycles. The minimum atomic E-state index is -4.30. The Balaban J connectivity index is 2.09. The summed E-state index contributed by atoms with van der Waals surface area (Å²) in [5.74, 6) is 1.59. The first-order valence-electron chi connectivity index (χ1n) is 7.03. The van der Waals surface area contributed by atoms with Gasteiger partial charge in [-0.3, -0.25) is 0 Å². The van der Waals surface area contributed by atoms with E-state index in [1.165, 1.54) is 31.7 Å². The molecular weight excluding hydrogens is 283 g/mol. The standard InChI is InChI=1S/C15H20F3NS/c16-15(17,18)14-9-13(6-5-12(14)7-8-19)20-10-11-3-1-2-4-11/h5-6,9,11H,1-4,7-8,10,19H2. The highest BCUT2D eigenvalue weighted by Crippen LogP contribution is 2.36. The predicted molar refractivity (Wildman–Crippen MR) is 76.9 cm³/mol. The van der Waals surface area contributed by atoms with Crippen LogP contribution in [0.25, 0.3) is 0 Å². The van der Waals surface area contributed by atoms with Gasteiger partial charge in [-0.05, 0) is 49.4 Å². The topological polar surface area (TPSA) is 26.0 Å². The van der Waals surface area contributed by atoms with Crippen molar-refractivity contribution >= 4 is 11.8 Å². The van der Waals surface area contributed by atoms with Gasteiger partial charge in [0.25, 0.3) is 0 Å². The summed E-state index contributed by atoms with van der Waals surface area (Å²) in [6.07, 6.45) is 0.911. The number of hydrogen-bond donors (Lipinski definition) is 1. The van der Waals surface area contributed by atoms with Crippen molar-refractivity contribution in [1.82, 2.24) is 0 Å². The maximum atomic E-state index is 13.0. The lowest BCUT2D eigenvalue weighted by Gasteiger charge is -2.15. The Morgan fingerprint density at radius 1 is 1.20 bits per heavy atom. The molecule has 0 unspecified atom stereocenters. The van der Waals surface area contributed by atoms with E-state index < -0.39 is 11.7 Å². The van der Waals surface area contributed by atoms with Gasteiger partial charge < -0.3 is 5.73 Å². The van der Waals surface area contributed by atoms with E-state index in [0.29, 0.717) is 16.4 Å². The Labute approximate surface area is 122 Å². The van der Waals surface area contributed by atoms with E-state index in [0.717, 1.165) is 5.75 Å². The molecule has 1 aromatic carbocycles. The quantitative estimate of drug-likeness (QED) is 0.811. The lowest BCUT2D eigenvalue weighted by atomic mass is 10.0. The molecule has 0 heterocycles. The van der Waals surface area contributed by atoms with E-state index in [-0.39, 0.29) is 13.0 Å². The smallest absolute Gasteiger partial charge is 0.330 e. The van der Waals surface area contributed by atoms with Crippen molar-refractivity contribution < 1.29 is 13.2 Å². The molecule has 1 aliphatic carbocycles. The molecule has 2 N–H and O–H groups in total. The maximum absolute atomic E-state index is 13.0. The molecule has 0 saturated heterocycles. The van der Waals surface area contributed by atoms with E-state index in [1.807, 2.05) is 0 Å². The average molecular weight is 303 g/mol. The molecule has 0 aromatic heterocycles. The molecule has 0 atom stereocenters. The third-order valence-electron chi connectivity index (χ3n) is 3.76. The molecule has 0 spiro atoms. The number of rotatable bonds is 5. The first-order valence-corrected chi connectivity index (χ1v) is 8.02. The zero-order valence-electron chi connectivity index (χ0n) is 11.4. The summed E-state index contributed by atoms with van der Waals surface area (Å²) in [5.41, 5.74) is 5.15. The van der Waals surface area contributed by atoms with Crippen LogP contribution in [0.2, 0.25) is 0 Å². The fraction of sp³-hybridized carbons (Fsp3) is 0.600. The van der Waals surface area contributed by atoms with E-state index >= 15 is 0 Å². The number of halogens is 3. The second-order valence-electron chi connectivity index (χ2n) is 5.32. The normalized spacial score (nSPS) is 16.8. The fourth-order valence-electron chi connectivity index (χ4n) is 2.67. The number of thioether (sulfide) groups is 1. The first-order chi connectivity index (χ1) is 9.50. The second-order valence-corrected chi connectivity index (χ2v) is 6.41. The molecule has 0 amide bonds. The third kappa shape index (κ3) is 4.16. The van der Waals surface area contributed by atoms with Crippen LogP contribution in [0.5, 0.6) is 0 Å². The zero-order chi connectivity index (χ0) is 14.6. The van der Waals surface area contributed by atoms with Crippen molar-refractivity contribution in [2.24, 2.45) is 11.7 Å². The molecule has 1 fully saturated rings. The van der Waals surface area contributed by atoms with Crippen molar-refractivity contribution in [3.63, 3.8) is 0 Å². The van der Waals surface area contributed by atoms with Crippen molar-refractivity contribution in [3.8, 4) is 0 Å². The Bertz CT molecular complexity index is 439. The minimum Gasteiger partial charge on any atom is -0.330 e. The molecule has 2 rings (SSSR count). The van der Waals surface area contributed by atoms with E-state index in [1.54, 1.807) is 23.9 Å². The maximum Gasteiger partial charge on any atom is 0.416 e. The van der Waals surface area contributed by atoms with Crippen LogP contribution in [0.1, 0.15) is 36.8 Å². The average Bonchev–Trinajstić information content (AvgIpc) is 2.90. The Morgan fingerprint density at radius 2 is 1.90 bits per heavy atom. The number of nitrogens with two attached hydrogens (primary N) is 1. The molecule has 112 valence electrons. The third-order valence-corrected chi connectivity index (χ3v) is 4.99. The first kappa shape index (κ1) is 15.7. The summed E-state index contributed by atoms with van der Waals surface area (Å²) in [6, 6.07) is 4.65. The van der Waals surface area contributed by atoms with Crippen LogP contribution < -0.4 is 5.73 Å². The van der Waals surface area contributed by atoms with Gasteiger partial charge in [0.2, 0.25) is 0 Å². The summed E-state index contributed by atoms with van der Waals surface area (Å²) in [6.45, 7) is 0.234. The number of alkyl halides is 3. The van der Waals surface area contributed by atoms with Crippen LogP contribution in [0, 0.1) is 5.92 Å². The van der Waals surface area contributed by atoms with E-state index in [2.05, 4.69) is 0 Å². The number of hydrogen-bond acceptors (Lipinski definition) is 2. The van der Waals surface area contributed by atoms with Crippen LogP contribution in [-0.4, -0.2) is 12.3 Å². The predicted octanol–water partition coefficient (Wildman–Crippen LogP) is 4.49. The summed E-state index contributed by atoms with van der Waals surface area (Å²) in [5, 5.41) is 0. The summed E-state index contributed by atoms with van der Waals surface area (Å²) in [4.78, 5) is 0.713. The van der Waals surface area contributed by atoms with Gasteiger partial charge in [0.15, 0.2) is 0 Å². The van der Waals surface area contributed by atoms with Crippen molar-refractivity contribution in [3.05, 3.63) is 29.3 Å². The molecule has 0 aliphatic heterocycles. The van der Waals surface area contributed by atoms with Crippen molar-refractivity contribution in [1.29, 1.82) is 0 Å². The lowest BCUT2D eigenvalue weighted by Crippen LogP contribution is -2.12. The van der Waals surface area contributed by atoms with E-state index in [9.17, 15) is 13.2 Å². The molecule has 0 radical (unpaired) electrons. The van der Waals surface area contributed by atoms with Crippen LogP contribution in [0.15, 0.2) is 23.1 Å². The molecule has 5 heteroatoms. The number of benzene rings is 1. The Morgan fingerprint density at radius 3 is 2.50 bits per heavy atom. The van der Waals surface area contributed by atoms with Crippen LogP contribution in [0.4, 0.5) is 13.2 Å². The van der Waals surface area contributed by atoms with Crippen LogP contribution >= 0.6 is 11.8 Å². The highest BCUT2D eigenvalue weighted by molar-refractivity contribution is 7.99. The summed E-state index contributed by atoms with van der Waals surface area (Å²) < 4.78 is 39.1. The van der Waals surface area contributed by atoms with Gasteiger partial charge in [-0.1, -0.05) is 18.9 Å². The van der Waals surface area contributed by atoms with Gasteiger partial charge in [-0.2, -0.15) is 13.2 Å². The van der Waals surface area contributed by atoms with E-state index in [4.69, 9.17) is 5.73 Å². The van der Waals surface area contributed by atoms with Crippen LogP contribution in [0.3, 0.4) is 0 Å². The van der Waals surface area contributed by atoms with Crippen LogP contribution in [-0.2, 0) is 12.6 Å². The second kappa shape index (κ2) is 6.85. The van der Waals surface area contributed by atoms with Gasteiger partial charge in [0.05, 0.1) is 5.56 Å². The van der Waals surface area contributed by atoms with Gasteiger partial charge in [-0.25, -0.2) is 0 Å². The zero-order valence-corrected chi connectivity index (χ0v) is 12.2. The Hall–Kier alpha value is -0.680. The van der Waals surface area contributed by atoms with Gasteiger partial charge in [0, 0.05) is 10.6 Å². The highest BCUT2D eigenvalue weighted by Gasteiger charge is 2.33. The Kier molecular flexibility index (Phi) is 5.38. The minimum absolute atomic E-state index is 0.234. The molecule has 1 nitrogen and oxygen atoms in total. The van der Waals surface area contributed by atoms with Gasteiger partial charge >= 0.3 is 6.18 Å². The monoisotopic (exact) mass is 303 g/mol. The van der Waals surface area contributed by atoms with Gasteiger partial charge in [0.1, 0.15) is 0 Å². The highest BCUT2D eigenvalue weighted by atomic mass is 32.2. The van der Waals surface area contributed by atoms with Crippen molar-refractivity contribution in [2.45, 2.75) is 43.2 Å². The lowest BCUT2D eigenvalue weighted by molar-refractivity contribution is -0.138. The van der Waals surface area contributed by atoms with Gasteiger partial charge in [-0.15, -0.1) is 11.8 Å². The molecule has 1 aromatic rings. The molecule has 0 bridgehead atoms. The molecule has 1 aliphatic rings. The largest absolute Gasteiger partial charge is 0.416 e. The summed E-state index contributed by atoms with van der Waals surface area (Å²) >= 11 is 1.54. The molecular formula is C15H20F3NS. The van der Waals surface area contributed by atoms with Crippen molar-refractivity contribution in [2.75, 3.05) is 12.3 Å². The fourth-order valence-corrected chi connectivity index (χ4v) is 3.80.